The van der Waals surface area contributed by atoms with Crippen molar-refractivity contribution in [2.45, 2.75) is 39.0 Å². The van der Waals surface area contributed by atoms with Gasteiger partial charge in [-0.05, 0) is 48.9 Å². The van der Waals surface area contributed by atoms with E-state index in [1.165, 1.54) is 24.0 Å². The van der Waals surface area contributed by atoms with Gasteiger partial charge in [-0.25, -0.2) is 0 Å². The van der Waals surface area contributed by atoms with Gasteiger partial charge in [0.15, 0.2) is 0 Å². The van der Waals surface area contributed by atoms with Gasteiger partial charge in [-0.1, -0.05) is 13.0 Å². The number of hydrogen-bond acceptors (Lipinski definition) is 2. The summed E-state index contributed by atoms with van der Waals surface area (Å²) in [6.07, 6.45) is 5.20. The number of piperidine rings is 1. The molecule has 0 bridgehead atoms. The molecule has 3 heteroatoms. The van der Waals surface area contributed by atoms with E-state index in [9.17, 15) is 9.59 Å². The summed E-state index contributed by atoms with van der Waals surface area (Å²) in [6, 6.07) is 6.13. The van der Waals surface area contributed by atoms with Crippen LogP contribution in [0.3, 0.4) is 0 Å². The Hall–Kier alpha value is -1.64. The molecule has 3 rings (SSSR count). The number of ketones is 1. The Morgan fingerprint density at radius 1 is 1.15 bits per heavy atom. The van der Waals surface area contributed by atoms with Crippen LogP contribution in [0, 0.1) is 5.92 Å². The van der Waals surface area contributed by atoms with Crippen LogP contribution in [-0.4, -0.2) is 29.7 Å². The second-order valence-corrected chi connectivity index (χ2v) is 6.06. The average Bonchev–Trinajstić information content (AvgIpc) is 2.49. The van der Waals surface area contributed by atoms with Crippen molar-refractivity contribution < 1.29 is 9.59 Å². The lowest BCUT2D eigenvalue weighted by Crippen LogP contribution is -2.43. The number of carbonyl (C=O) groups is 2. The van der Waals surface area contributed by atoms with E-state index in [2.05, 4.69) is 12.1 Å². The summed E-state index contributed by atoms with van der Waals surface area (Å²) in [6.45, 7) is 3.04. The number of carbonyl (C=O) groups excluding carboxylic acids is 2. The normalized spacial score (nSPS) is 22.6. The first-order chi connectivity index (χ1) is 9.65. The standard InChI is InChI=1S/C17H21NO2/c1-12-11-18(9-8-16(12)19)17(20)15-7-6-13-4-2-3-5-14(13)10-15/h6-7,10,12H,2-5,8-9,11H2,1H3. The summed E-state index contributed by atoms with van der Waals surface area (Å²) in [5.74, 6) is 0.336. The fourth-order valence-corrected chi connectivity index (χ4v) is 3.25. The highest BCUT2D eigenvalue weighted by molar-refractivity contribution is 5.96. The van der Waals surface area contributed by atoms with Gasteiger partial charge in [-0.3, -0.25) is 9.59 Å². The van der Waals surface area contributed by atoms with Gasteiger partial charge in [0, 0.05) is 31.0 Å². The largest absolute Gasteiger partial charge is 0.337 e. The zero-order chi connectivity index (χ0) is 14.1. The molecule has 1 heterocycles. The molecule has 20 heavy (non-hydrogen) atoms. The van der Waals surface area contributed by atoms with Crippen molar-refractivity contribution in [3.63, 3.8) is 0 Å². The summed E-state index contributed by atoms with van der Waals surface area (Å²) in [5.41, 5.74) is 3.52. The van der Waals surface area contributed by atoms with Crippen LogP contribution < -0.4 is 0 Å². The van der Waals surface area contributed by atoms with Crippen molar-refractivity contribution in [3.05, 3.63) is 34.9 Å². The quantitative estimate of drug-likeness (QED) is 0.787. The van der Waals surface area contributed by atoms with Crippen molar-refractivity contribution in [2.75, 3.05) is 13.1 Å². The molecule has 1 aromatic rings. The molecule has 3 nitrogen and oxygen atoms in total. The third-order valence-electron chi connectivity index (χ3n) is 4.55. The molecule has 0 spiro atoms. The van der Waals surface area contributed by atoms with E-state index in [1.54, 1.807) is 0 Å². The summed E-state index contributed by atoms with van der Waals surface area (Å²) < 4.78 is 0. The van der Waals surface area contributed by atoms with Crippen LogP contribution >= 0.6 is 0 Å². The lowest BCUT2D eigenvalue weighted by Gasteiger charge is -2.30. The van der Waals surface area contributed by atoms with Crippen molar-refractivity contribution in [2.24, 2.45) is 5.92 Å². The molecule has 2 aliphatic rings. The molecule has 1 aliphatic carbocycles. The number of benzene rings is 1. The summed E-state index contributed by atoms with van der Waals surface area (Å²) in [4.78, 5) is 25.9. The maximum absolute atomic E-state index is 12.6. The van der Waals surface area contributed by atoms with E-state index in [0.717, 1.165) is 18.4 Å². The molecule has 1 aliphatic heterocycles. The summed E-state index contributed by atoms with van der Waals surface area (Å²) in [5, 5.41) is 0. The molecule has 0 radical (unpaired) electrons. The van der Waals surface area contributed by atoms with Crippen molar-refractivity contribution >= 4 is 11.7 Å². The molecular formula is C17H21NO2. The van der Waals surface area contributed by atoms with Gasteiger partial charge in [0.05, 0.1) is 0 Å². The predicted molar refractivity (Wildman–Crippen MR) is 77.8 cm³/mol. The highest BCUT2D eigenvalue weighted by Gasteiger charge is 2.27. The first kappa shape index (κ1) is 13.3. The van der Waals surface area contributed by atoms with Crippen molar-refractivity contribution in [3.8, 4) is 0 Å². The lowest BCUT2D eigenvalue weighted by atomic mass is 9.90. The van der Waals surface area contributed by atoms with E-state index >= 15 is 0 Å². The first-order valence-electron chi connectivity index (χ1n) is 7.59. The Morgan fingerprint density at radius 3 is 2.65 bits per heavy atom. The van der Waals surface area contributed by atoms with Crippen LogP contribution in [-0.2, 0) is 17.6 Å². The number of hydrogen-bond donors (Lipinski definition) is 0. The monoisotopic (exact) mass is 271 g/mol. The SMILES string of the molecule is CC1CN(C(=O)c2ccc3c(c2)CCCC3)CCC1=O. The van der Waals surface area contributed by atoms with Crippen LogP contribution in [0.25, 0.3) is 0 Å². The average molecular weight is 271 g/mol. The van der Waals surface area contributed by atoms with Gasteiger partial charge in [-0.2, -0.15) is 0 Å². The van der Waals surface area contributed by atoms with Crippen molar-refractivity contribution in [1.82, 2.24) is 4.90 Å². The maximum atomic E-state index is 12.6. The minimum atomic E-state index is -0.0228. The van der Waals surface area contributed by atoms with E-state index in [-0.39, 0.29) is 17.6 Å². The Labute approximate surface area is 120 Å². The van der Waals surface area contributed by atoms with Crippen LogP contribution in [0.15, 0.2) is 18.2 Å². The number of fused-ring (bicyclic) bond motifs is 1. The van der Waals surface area contributed by atoms with E-state index < -0.39 is 0 Å². The second kappa shape index (κ2) is 5.39. The smallest absolute Gasteiger partial charge is 0.253 e. The Balaban J connectivity index is 1.78. The molecule has 106 valence electrons. The van der Waals surface area contributed by atoms with Gasteiger partial charge >= 0.3 is 0 Å². The zero-order valence-corrected chi connectivity index (χ0v) is 12.0. The number of Topliss-reactive ketones (excluding diaryl/α,β-unsaturated/α-hetero) is 1. The molecule has 1 amide bonds. The summed E-state index contributed by atoms with van der Waals surface area (Å²) >= 11 is 0. The second-order valence-electron chi connectivity index (χ2n) is 6.06. The third-order valence-corrected chi connectivity index (χ3v) is 4.55. The molecule has 1 unspecified atom stereocenters. The Morgan fingerprint density at radius 2 is 1.90 bits per heavy atom. The molecular weight excluding hydrogens is 250 g/mol. The van der Waals surface area contributed by atoms with Crippen LogP contribution in [0.1, 0.15) is 47.7 Å². The fraction of sp³-hybridized carbons (Fsp3) is 0.529. The molecule has 1 fully saturated rings. The number of nitrogens with zero attached hydrogens (tertiary/aromatic N) is 1. The molecule has 0 saturated carbocycles. The third kappa shape index (κ3) is 2.49. The lowest BCUT2D eigenvalue weighted by molar-refractivity contribution is -0.124. The van der Waals surface area contributed by atoms with Crippen LogP contribution in [0.5, 0.6) is 0 Å². The van der Waals surface area contributed by atoms with Gasteiger partial charge in [0.2, 0.25) is 0 Å². The Kier molecular flexibility index (Phi) is 3.60. The zero-order valence-electron chi connectivity index (χ0n) is 12.0. The number of likely N-dealkylation sites (tertiary alicyclic amines) is 1. The molecule has 0 aromatic heterocycles. The molecule has 1 atom stereocenters. The fourth-order valence-electron chi connectivity index (χ4n) is 3.25. The number of rotatable bonds is 1. The molecule has 0 N–H and O–H groups in total. The number of amides is 1. The predicted octanol–water partition coefficient (Wildman–Crippen LogP) is 2.62. The summed E-state index contributed by atoms with van der Waals surface area (Å²) in [7, 11) is 0. The van der Waals surface area contributed by atoms with Crippen LogP contribution in [0.2, 0.25) is 0 Å². The van der Waals surface area contributed by atoms with E-state index in [1.807, 2.05) is 17.9 Å². The van der Waals surface area contributed by atoms with Gasteiger partial charge in [0.25, 0.3) is 5.91 Å². The van der Waals surface area contributed by atoms with Crippen LogP contribution in [0.4, 0.5) is 0 Å². The maximum Gasteiger partial charge on any atom is 0.253 e. The highest BCUT2D eigenvalue weighted by Crippen LogP contribution is 2.23. The van der Waals surface area contributed by atoms with Gasteiger partial charge in [0.1, 0.15) is 5.78 Å². The number of aryl methyl sites for hydroxylation is 2. The molecule has 1 saturated heterocycles. The molecule has 1 aromatic carbocycles. The Bertz CT molecular complexity index is 550. The topological polar surface area (TPSA) is 37.4 Å². The van der Waals surface area contributed by atoms with E-state index in [4.69, 9.17) is 0 Å². The van der Waals surface area contributed by atoms with Gasteiger partial charge in [-0.15, -0.1) is 0 Å². The first-order valence-corrected chi connectivity index (χ1v) is 7.59. The van der Waals surface area contributed by atoms with Crippen molar-refractivity contribution in [1.29, 1.82) is 0 Å². The minimum Gasteiger partial charge on any atom is -0.337 e. The minimum absolute atomic E-state index is 0.0228. The van der Waals surface area contributed by atoms with E-state index in [0.29, 0.717) is 19.5 Å². The highest BCUT2D eigenvalue weighted by atomic mass is 16.2. The van der Waals surface area contributed by atoms with Gasteiger partial charge < -0.3 is 4.90 Å².